The molecule has 1 unspecified atom stereocenters. The first-order valence-electron chi connectivity index (χ1n) is 9.65. The Labute approximate surface area is 190 Å². The molecule has 1 fully saturated rings. The summed E-state index contributed by atoms with van der Waals surface area (Å²) in [7, 11) is -7.10. The summed E-state index contributed by atoms with van der Waals surface area (Å²) >= 11 is 2.86. The first kappa shape index (κ1) is 22.4. The zero-order valence-electron chi connectivity index (χ0n) is 16.5. The van der Waals surface area contributed by atoms with Crippen molar-refractivity contribution in [2.45, 2.75) is 30.4 Å². The molecule has 2 N–H and O–H groups in total. The van der Waals surface area contributed by atoms with Crippen LogP contribution in [0.5, 0.6) is 0 Å². The van der Waals surface area contributed by atoms with E-state index in [-0.39, 0.29) is 17.2 Å². The second-order valence-corrected chi connectivity index (χ2v) is 12.9. The molecule has 3 aromatic rings. The Bertz CT molecular complexity index is 1230. The van der Waals surface area contributed by atoms with E-state index in [0.29, 0.717) is 18.7 Å². The molecule has 1 aliphatic heterocycles. The van der Waals surface area contributed by atoms with Gasteiger partial charge in [0.05, 0.1) is 16.3 Å². The molecule has 1 saturated heterocycles. The first-order valence-corrected chi connectivity index (χ1v) is 14.5. The van der Waals surface area contributed by atoms with Gasteiger partial charge in [0.1, 0.15) is 6.10 Å². The van der Waals surface area contributed by atoms with Gasteiger partial charge in [0.2, 0.25) is 20.0 Å². The number of benzene rings is 1. The third-order valence-corrected chi connectivity index (χ3v) is 10.2. The number of aliphatic hydroxyl groups is 1. The van der Waals surface area contributed by atoms with Gasteiger partial charge in [-0.15, -0.1) is 11.3 Å². The second kappa shape index (κ2) is 9.00. The maximum atomic E-state index is 12.7. The van der Waals surface area contributed by atoms with Crippen molar-refractivity contribution in [1.29, 1.82) is 0 Å². The molecule has 0 amide bonds. The minimum absolute atomic E-state index is 0.0701. The van der Waals surface area contributed by atoms with Crippen molar-refractivity contribution in [3.05, 3.63) is 68.5 Å². The van der Waals surface area contributed by atoms with Crippen LogP contribution >= 0.6 is 22.7 Å². The third kappa shape index (κ3) is 5.02. The van der Waals surface area contributed by atoms with Gasteiger partial charge < -0.3 is 5.11 Å². The highest BCUT2D eigenvalue weighted by Gasteiger charge is 2.26. The van der Waals surface area contributed by atoms with Crippen molar-refractivity contribution in [3.63, 3.8) is 0 Å². The molecule has 0 aliphatic carbocycles. The molecule has 3 heterocycles. The molecule has 0 spiro atoms. The number of anilines is 1. The monoisotopic (exact) mass is 498 g/mol. The summed E-state index contributed by atoms with van der Waals surface area (Å²) in [6.07, 6.45) is 0.703. The van der Waals surface area contributed by atoms with Crippen LogP contribution in [0.15, 0.2) is 58.1 Å². The van der Waals surface area contributed by atoms with E-state index < -0.39 is 26.2 Å². The Morgan fingerprint density at radius 2 is 1.87 bits per heavy atom. The lowest BCUT2D eigenvalue weighted by molar-refractivity contribution is 0.224. The number of hydrogen-bond acceptors (Lipinski definition) is 7. The van der Waals surface area contributed by atoms with Crippen LogP contribution in [-0.2, 0) is 26.6 Å². The van der Waals surface area contributed by atoms with Crippen LogP contribution in [0.25, 0.3) is 0 Å². The van der Waals surface area contributed by atoms with E-state index in [0.717, 1.165) is 21.7 Å². The number of sulfonamides is 2. The van der Waals surface area contributed by atoms with Crippen molar-refractivity contribution in [1.82, 2.24) is 4.72 Å². The highest BCUT2D eigenvalue weighted by molar-refractivity contribution is 7.92. The normalized spacial score (nSPS) is 17.5. The van der Waals surface area contributed by atoms with Crippen molar-refractivity contribution in [3.8, 4) is 0 Å². The molecule has 7 nitrogen and oxygen atoms in total. The number of rotatable bonds is 7. The quantitative estimate of drug-likeness (QED) is 0.520. The topological polar surface area (TPSA) is 104 Å². The maximum absolute atomic E-state index is 12.7. The summed E-state index contributed by atoms with van der Waals surface area (Å²) in [4.78, 5) is 1.60. The molecule has 1 atom stereocenters. The zero-order valence-corrected chi connectivity index (χ0v) is 19.7. The maximum Gasteiger partial charge on any atom is 0.240 e. The summed E-state index contributed by atoms with van der Waals surface area (Å²) < 4.78 is 53.7. The molecule has 2 aromatic heterocycles. The summed E-state index contributed by atoms with van der Waals surface area (Å²) in [5, 5.41) is 14.2. The summed E-state index contributed by atoms with van der Waals surface area (Å²) in [5.41, 5.74) is 1.29. The molecular weight excluding hydrogens is 476 g/mol. The van der Waals surface area contributed by atoms with Gasteiger partial charge in [-0.25, -0.2) is 21.6 Å². The van der Waals surface area contributed by atoms with Crippen LogP contribution in [0.4, 0.5) is 5.69 Å². The molecule has 11 heteroatoms. The van der Waals surface area contributed by atoms with Crippen LogP contribution < -0.4 is 9.03 Å². The number of nitrogens with one attached hydrogen (secondary N) is 1. The molecule has 1 aliphatic rings. The van der Waals surface area contributed by atoms with Gasteiger partial charge in [0, 0.05) is 22.8 Å². The summed E-state index contributed by atoms with van der Waals surface area (Å²) in [5.74, 6) is 0.110. The van der Waals surface area contributed by atoms with Gasteiger partial charge in [-0.3, -0.25) is 4.31 Å². The van der Waals surface area contributed by atoms with Crippen LogP contribution in [0.2, 0.25) is 0 Å². The summed E-state index contributed by atoms with van der Waals surface area (Å²) in [6, 6.07) is 11.3. The van der Waals surface area contributed by atoms with Crippen LogP contribution in [0.1, 0.15) is 34.3 Å². The fraction of sp³-hybridized carbons (Fsp3) is 0.300. The molecule has 0 radical (unpaired) electrons. The van der Waals surface area contributed by atoms with Crippen molar-refractivity contribution in [2.24, 2.45) is 0 Å². The van der Waals surface area contributed by atoms with Crippen molar-refractivity contribution in [2.75, 3.05) is 16.6 Å². The lowest BCUT2D eigenvalue weighted by Crippen LogP contribution is -2.37. The summed E-state index contributed by atoms with van der Waals surface area (Å²) in [6.45, 7) is 0.510. The van der Waals surface area contributed by atoms with E-state index in [1.807, 2.05) is 16.8 Å². The highest BCUT2D eigenvalue weighted by atomic mass is 32.2. The van der Waals surface area contributed by atoms with Gasteiger partial charge in [-0.2, -0.15) is 11.3 Å². The van der Waals surface area contributed by atoms with E-state index in [9.17, 15) is 21.9 Å². The first-order chi connectivity index (χ1) is 14.8. The standard InChI is InChI=1S/C20H22N2O5S4/c23-20(15-9-11-28-14-15)19-8-5-17(29-19)13-21-31(26,27)18-6-3-16(4-7-18)22-10-1-2-12-30(22,24)25/h3-9,11,14,20-21,23H,1-2,10,12-13H2. The number of aliphatic hydroxyl groups excluding tert-OH is 1. The highest BCUT2D eigenvalue weighted by Crippen LogP contribution is 2.30. The smallest absolute Gasteiger partial charge is 0.240 e. The van der Waals surface area contributed by atoms with E-state index >= 15 is 0 Å². The number of hydrogen-bond donors (Lipinski definition) is 2. The average molecular weight is 499 g/mol. The van der Waals surface area contributed by atoms with Gasteiger partial charge in [-0.05, 0) is 71.6 Å². The van der Waals surface area contributed by atoms with Crippen molar-refractivity contribution < 1.29 is 21.9 Å². The minimum atomic E-state index is -3.76. The van der Waals surface area contributed by atoms with E-state index in [1.165, 1.54) is 51.2 Å². The molecule has 1 aromatic carbocycles. The fourth-order valence-electron chi connectivity index (χ4n) is 3.35. The lowest BCUT2D eigenvalue weighted by Gasteiger charge is -2.28. The van der Waals surface area contributed by atoms with E-state index in [2.05, 4.69) is 4.72 Å². The average Bonchev–Trinajstić information content (AvgIpc) is 3.44. The molecular formula is C20H22N2O5S4. The Hall–Kier alpha value is -1.76. The van der Waals surface area contributed by atoms with Crippen LogP contribution in [0.3, 0.4) is 0 Å². The van der Waals surface area contributed by atoms with Gasteiger partial charge in [-0.1, -0.05) is 0 Å². The predicted molar refractivity (Wildman–Crippen MR) is 124 cm³/mol. The number of thiophene rings is 2. The van der Waals surface area contributed by atoms with Gasteiger partial charge in [0.15, 0.2) is 0 Å². The van der Waals surface area contributed by atoms with Crippen molar-refractivity contribution >= 4 is 48.4 Å². The predicted octanol–water partition coefficient (Wildman–Crippen LogP) is 3.30. The van der Waals surface area contributed by atoms with Gasteiger partial charge >= 0.3 is 0 Å². The van der Waals surface area contributed by atoms with E-state index in [1.54, 1.807) is 12.1 Å². The molecule has 31 heavy (non-hydrogen) atoms. The molecule has 166 valence electrons. The Balaban J connectivity index is 1.42. The lowest BCUT2D eigenvalue weighted by atomic mass is 10.2. The Morgan fingerprint density at radius 3 is 2.55 bits per heavy atom. The zero-order chi connectivity index (χ0) is 22.1. The minimum Gasteiger partial charge on any atom is -0.383 e. The SMILES string of the molecule is O=S(=O)(NCc1ccc(C(O)c2ccsc2)s1)c1ccc(N2CCCCS2(=O)=O)cc1. The molecule has 0 bridgehead atoms. The van der Waals surface area contributed by atoms with E-state index in [4.69, 9.17) is 0 Å². The fourth-order valence-corrected chi connectivity index (χ4v) is 7.73. The van der Waals surface area contributed by atoms with Gasteiger partial charge in [0.25, 0.3) is 0 Å². The van der Waals surface area contributed by atoms with Crippen LogP contribution in [0, 0.1) is 0 Å². The third-order valence-electron chi connectivity index (χ3n) is 5.03. The molecule has 4 rings (SSSR count). The Kier molecular flexibility index (Phi) is 6.52. The second-order valence-electron chi connectivity index (χ2n) is 7.18. The van der Waals surface area contributed by atoms with Crippen LogP contribution in [-0.4, -0.2) is 34.2 Å². The Morgan fingerprint density at radius 1 is 1.10 bits per heavy atom. The molecule has 0 saturated carbocycles. The number of nitrogens with zero attached hydrogens (tertiary/aromatic N) is 1. The largest absolute Gasteiger partial charge is 0.383 e.